The first-order valence-electron chi connectivity index (χ1n) is 6.41. The zero-order chi connectivity index (χ0) is 11.1. The van der Waals surface area contributed by atoms with Crippen LogP contribution < -0.4 is 5.32 Å². The van der Waals surface area contributed by atoms with E-state index < -0.39 is 0 Å². The van der Waals surface area contributed by atoms with Gasteiger partial charge in [-0.15, -0.1) is 0 Å². The number of carbonyl (C=O) groups is 1. The van der Waals surface area contributed by atoms with Gasteiger partial charge >= 0.3 is 0 Å². The van der Waals surface area contributed by atoms with Crippen molar-refractivity contribution in [1.29, 1.82) is 0 Å². The average molecular weight is 211 g/mol. The van der Waals surface area contributed by atoms with Crippen molar-refractivity contribution in [3.63, 3.8) is 0 Å². The molecule has 0 aromatic heterocycles. The smallest absolute Gasteiger partial charge is 0.133 e. The molecule has 2 heteroatoms. The van der Waals surface area contributed by atoms with E-state index in [0.29, 0.717) is 11.7 Å². The van der Waals surface area contributed by atoms with E-state index in [1.807, 2.05) is 0 Å². The molecule has 0 spiro atoms. The van der Waals surface area contributed by atoms with E-state index in [-0.39, 0.29) is 0 Å². The van der Waals surface area contributed by atoms with Crippen molar-refractivity contribution < 1.29 is 4.79 Å². The van der Waals surface area contributed by atoms with Crippen LogP contribution in [-0.2, 0) is 4.79 Å². The molecule has 0 aliphatic carbocycles. The Morgan fingerprint density at radius 3 is 2.60 bits per heavy atom. The molecule has 1 aliphatic rings. The highest BCUT2D eigenvalue weighted by molar-refractivity contribution is 5.78. The Hall–Kier alpha value is -0.370. The molecule has 1 aliphatic heterocycles. The first-order chi connectivity index (χ1) is 7.18. The minimum absolute atomic E-state index is 0.488. The topological polar surface area (TPSA) is 29.1 Å². The van der Waals surface area contributed by atoms with Gasteiger partial charge in [-0.25, -0.2) is 0 Å². The van der Waals surface area contributed by atoms with Crippen LogP contribution >= 0.6 is 0 Å². The molecule has 1 saturated heterocycles. The fourth-order valence-electron chi connectivity index (χ4n) is 2.22. The highest BCUT2D eigenvalue weighted by Gasteiger charge is 2.16. The van der Waals surface area contributed by atoms with Crippen LogP contribution in [0.3, 0.4) is 0 Å². The maximum atomic E-state index is 11.7. The van der Waals surface area contributed by atoms with E-state index in [1.165, 1.54) is 19.3 Å². The van der Waals surface area contributed by atoms with Gasteiger partial charge in [0.15, 0.2) is 0 Å². The van der Waals surface area contributed by atoms with Crippen LogP contribution in [0.2, 0.25) is 0 Å². The zero-order valence-electron chi connectivity index (χ0n) is 10.2. The number of ketones is 1. The molecule has 0 amide bonds. The molecule has 1 rings (SSSR count). The van der Waals surface area contributed by atoms with Gasteiger partial charge in [0, 0.05) is 12.8 Å². The van der Waals surface area contributed by atoms with Crippen LogP contribution in [0.25, 0.3) is 0 Å². The van der Waals surface area contributed by atoms with Gasteiger partial charge < -0.3 is 5.32 Å². The summed E-state index contributed by atoms with van der Waals surface area (Å²) in [6.45, 7) is 6.64. The number of piperidine rings is 1. The maximum Gasteiger partial charge on any atom is 0.133 e. The monoisotopic (exact) mass is 211 g/mol. The van der Waals surface area contributed by atoms with Crippen molar-refractivity contribution in [2.75, 3.05) is 13.1 Å². The number of Topliss-reactive ketones (excluding diaryl/α,β-unsaturated/α-hetero) is 1. The second-order valence-corrected chi connectivity index (χ2v) is 5.22. The van der Waals surface area contributed by atoms with Gasteiger partial charge in [0.05, 0.1) is 0 Å². The molecule has 88 valence electrons. The van der Waals surface area contributed by atoms with Crippen molar-refractivity contribution >= 4 is 5.78 Å². The highest BCUT2D eigenvalue weighted by atomic mass is 16.1. The number of hydrogen-bond donors (Lipinski definition) is 1. The quantitative estimate of drug-likeness (QED) is 0.732. The summed E-state index contributed by atoms with van der Waals surface area (Å²) in [5, 5.41) is 3.33. The summed E-state index contributed by atoms with van der Waals surface area (Å²) in [5.74, 6) is 1.89. The van der Waals surface area contributed by atoms with Crippen molar-refractivity contribution in [3.8, 4) is 0 Å². The molecule has 15 heavy (non-hydrogen) atoms. The van der Waals surface area contributed by atoms with E-state index in [2.05, 4.69) is 19.2 Å². The summed E-state index contributed by atoms with van der Waals surface area (Å²) in [4.78, 5) is 11.7. The SMILES string of the molecule is CC(C)CCCC(=O)CC1CCNCC1. The fraction of sp³-hybridized carbons (Fsp3) is 0.923. The molecule has 1 N–H and O–H groups in total. The third kappa shape index (κ3) is 5.93. The Labute approximate surface area is 93.8 Å². The summed E-state index contributed by atoms with van der Waals surface area (Å²) < 4.78 is 0. The molecule has 2 nitrogen and oxygen atoms in total. The molecular weight excluding hydrogens is 186 g/mol. The summed E-state index contributed by atoms with van der Waals surface area (Å²) in [6, 6.07) is 0. The zero-order valence-corrected chi connectivity index (χ0v) is 10.2. The van der Waals surface area contributed by atoms with Gasteiger partial charge in [-0.1, -0.05) is 20.3 Å². The Balaban J connectivity index is 2.06. The Kier molecular flexibility index (Phi) is 5.92. The van der Waals surface area contributed by atoms with Gasteiger partial charge in [-0.2, -0.15) is 0 Å². The predicted molar refractivity (Wildman–Crippen MR) is 63.9 cm³/mol. The molecule has 0 aromatic carbocycles. The minimum atomic E-state index is 0.488. The first-order valence-corrected chi connectivity index (χ1v) is 6.41. The van der Waals surface area contributed by atoms with E-state index in [4.69, 9.17) is 0 Å². The standard InChI is InChI=1S/C13H25NO/c1-11(2)4-3-5-13(15)10-12-6-8-14-9-7-12/h11-12,14H,3-10H2,1-2H3. The summed E-state index contributed by atoms with van der Waals surface area (Å²) in [6.07, 6.45) is 6.30. The molecular formula is C13H25NO. The van der Waals surface area contributed by atoms with Crippen LogP contribution in [0.1, 0.15) is 52.4 Å². The lowest BCUT2D eigenvalue weighted by Gasteiger charge is -2.21. The molecule has 0 aromatic rings. The lowest BCUT2D eigenvalue weighted by atomic mass is 9.91. The maximum absolute atomic E-state index is 11.7. The van der Waals surface area contributed by atoms with Crippen molar-refractivity contribution in [1.82, 2.24) is 5.32 Å². The number of nitrogens with one attached hydrogen (secondary N) is 1. The lowest BCUT2D eigenvalue weighted by Crippen LogP contribution is -2.28. The van der Waals surface area contributed by atoms with Gasteiger partial charge in [0.1, 0.15) is 5.78 Å². The molecule has 1 fully saturated rings. The third-order valence-electron chi connectivity index (χ3n) is 3.21. The molecule has 0 saturated carbocycles. The Morgan fingerprint density at radius 1 is 1.33 bits per heavy atom. The largest absolute Gasteiger partial charge is 0.317 e. The van der Waals surface area contributed by atoms with Gasteiger partial charge in [-0.05, 0) is 44.2 Å². The number of hydrogen-bond acceptors (Lipinski definition) is 2. The highest BCUT2D eigenvalue weighted by Crippen LogP contribution is 2.18. The van der Waals surface area contributed by atoms with E-state index >= 15 is 0 Å². The van der Waals surface area contributed by atoms with Gasteiger partial charge in [0.2, 0.25) is 0 Å². The molecule has 0 unspecified atom stereocenters. The van der Waals surface area contributed by atoms with E-state index in [9.17, 15) is 4.79 Å². The molecule has 0 radical (unpaired) electrons. The van der Waals surface area contributed by atoms with E-state index in [1.54, 1.807) is 0 Å². The van der Waals surface area contributed by atoms with Crippen molar-refractivity contribution in [2.45, 2.75) is 52.4 Å². The predicted octanol–water partition coefficient (Wildman–Crippen LogP) is 2.77. The van der Waals surface area contributed by atoms with Crippen LogP contribution in [0.4, 0.5) is 0 Å². The van der Waals surface area contributed by atoms with Crippen LogP contribution in [0.5, 0.6) is 0 Å². The summed E-state index contributed by atoms with van der Waals surface area (Å²) >= 11 is 0. The minimum Gasteiger partial charge on any atom is -0.317 e. The second-order valence-electron chi connectivity index (χ2n) is 5.22. The Morgan fingerprint density at radius 2 is 2.00 bits per heavy atom. The molecule has 0 atom stereocenters. The lowest BCUT2D eigenvalue weighted by molar-refractivity contribution is -0.120. The van der Waals surface area contributed by atoms with E-state index in [0.717, 1.165) is 38.3 Å². The van der Waals surface area contributed by atoms with Crippen molar-refractivity contribution in [3.05, 3.63) is 0 Å². The normalized spacial score (nSPS) is 18.3. The van der Waals surface area contributed by atoms with Crippen LogP contribution in [0, 0.1) is 11.8 Å². The summed E-state index contributed by atoms with van der Waals surface area (Å²) in [7, 11) is 0. The first kappa shape index (κ1) is 12.7. The third-order valence-corrected chi connectivity index (χ3v) is 3.21. The van der Waals surface area contributed by atoms with Gasteiger partial charge in [-0.3, -0.25) is 4.79 Å². The molecule has 1 heterocycles. The Bertz CT molecular complexity index is 183. The second kappa shape index (κ2) is 7.00. The molecule has 0 bridgehead atoms. The number of carbonyl (C=O) groups excluding carboxylic acids is 1. The fourth-order valence-corrected chi connectivity index (χ4v) is 2.22. The number of rotatable bonds is 6. The average Bonchev–Trinajstić information content (AvgIpc) is 2.18. The summed E-state index contributed by atoms with van der Waals surface area (Å²) in [5.41, 5.74) is 0. The van der Waals surface area contributed by atoms with Crippen LogP contribution in [-0.4, -0.2) is 18.9 Å². The van der Waals surface area contributed by atoms with Gasteiger partial charge in [0.25, 0.3) is 0 Å². The van der Waals surface area contributed by atoms with Crippen LogP contribution in [0.15, 0.2) is 0 Å². The van der Waals surface area contributed by atoms with Crippen molar-refractivity contribution in [2.24, 2.45) is 11.8 Å².